The van der Waals surface area contributed by atoms with Crippen LogP contribution < -0.4 is 5.11 Å². The lowest BCUT2D eigenvalue weighted by Gasteiger charge is -2.61. The molecule has 0 radical (unpaired) electrons. The summed E-state index contributed by atoms with van der Waals surface area (Å²) in [5.74, 6) is 0.0788. The van der Waals surface area contributed by atoms with E-state index in [0.717, 1.165) is 25.7 Å². The summed E-state index contributed by atoms with van der Waals surface area (Å²) >= 11 is 0. The normalized spacial score (nSPS) is 41.1. The van der Waals surface area contributed by atoms with Gasteiger partial charge in [0, 0.05) is 5.97 Å². The molecule has 2 rings (SSSR count). The second-order valence-corrected chi connectivity index (χ2v) is 9.61. The van der Waals surface area contributed by atoms with Crippen LogP contribution in [0.15, 0.2) is 0 Å². The van der Waals surface area contributed by atoms with Gasteiger partial charge in [0.1, 0.15) is 0 Å². The minimum Gasteiger partial charge on any atom is -0.550 e. The van der Waals surface area contributed by atoms with Crippen molar-refractivity contribution in [2.45, 2.75) is 91.6 Å². The fourth-order valence-corrected chi connectivity index (χ4v) is 6.10. The molecule has 3 heteroatoms. The van der Waals surface area contributed by atoms with Crippen molar-refractivity contribution in [2.24, 2.45) is 28.6 Å². The van der Waals surface area contributed by atoms with Crippen LogP contribution in [0.3, 0.4) is 0 Å². The lowest BCUT2D eigenvalue weighted by atomic mass is 9.45. The minimum atomic E-state index is -0.962. The van der Waals surface area contributed by atoms with Crippen LogP contribution >= 0.6 is 0 Å². The van der Waals surface area contributed by atoms with Crippen molar-refractivity contribution in [3.63, 3.8) is 0 Å². The van der Waals surface area contributed by atoms with Crippen molar-refractivity contribution < 1.29 is 15.0 Å². The van der Waals surface area contributed by atoms with E-state index < -0.39 is 11.6 Å². The Labute approximate surface area is 141 Å². The number of carboxylic acids is 1. The predicted octanol–water partition coefficient (Wildman–Crippen LogP) is 3.54. The molecule has 0 aromatic rings. The molecule has 2 fully saturated rings. The fraction of sp³-hybridized carbons (Fsp3) is 0.950. The van der Waals surface area contributed by atoms with E-state index in [2.05, 4.69) is 20.8 Å². The minimum absolute atomic E-state index is 0.122. The van der Waals surface area contributed by atoms with Crippen LogP contribution in [-0.4, -0.2) is 16.7 Å². The van der Waals surface area contributed by atoms with E-state index in [-0.39, 0.29) is 23.7 Å². The van der Waals surface area contributed by atoms with Gasteiger partial charge in [-0.05, 0) is 80.5 Å². The summed E-state index contributed by atoms with van der Waals surface area (Å²) in [6.07, 6.45) is 7.60. The largest absolute Gasteiger partial charge is 0.550 e. The zero-order valence-electron chi connectivity index (χ0n) is 15.7. The Kier molecular flexibility index (Phi) is 5.21. The highest BCUT2D eigenvalue weighted by atomic mass is 16.4. The molecule has 2 saturated carbocycles. The van der Waals surface area contributed by atoms with Crippen molar-refractivity contribution in [3.05, 3.63) is 0 Å². The van der Waals surface area contributed by atoms with Crippen molar-refractivity contribution in [3.8, 4) is 0 Å². The molecule has 134 valence electrons. The van der Waals surface area contributed by atoms with Gasteiger partial charge in [0.15, 0.2) is 0 Å². The number of hydrogen-bond donors (Lipinski definition) is 1. The quantitative estimate of drug-likeness (QED) is 0.842. The second-order valence-electron chi connectivity index (χ2n) is 9.61. The zero-order valence-corrected chi connectivity index (χ0v) is 15.7. The number of hydrogen-bond acceptors (Lipinski definition) is 3. The van der Waals surface area contributed by atoms with Crippen molar-refractivity contribution >= 4 is 5.97 Å². The van der Waals surface area contributed by atoms with E-state index in [9.17, 15) is 15.0 Å². The number of aliphatic hydroxyl groups is 1. The van der Waals surface area contributed by atoms with Crippen molar-refractivity contribution in [2.75, 3.05) is 0 Å². The molecule has 0 heterocycles. The average molecular weight is 323 g/mol. The van der Waals surface area contributed by atoms with E-state index in [1.165, 1.54) is 19.3 Å². The van der Waals surface area contributed by atoms with Crippen LogP contribution in [0.25, 0.3) is 0 Å². The Morgan fingerprint density at radius 2 is 1.87 bits per heavy atom. The third kappa shape index (κ3) is 3.75. The molecular formula is C20H35O3-. The van der Waals surface area contributed by atoms with Gasteiger partial charge in [0.05, 0.1) is 5.60 Å². The Bertz CT molecular complexity index is 440. The van der Waals surface area contributed by atoms with E-state index in [4.69, 9.17) is 0 Å². The maximum Gasteiger partial charge on any atom is 0.0653 e. The summed E-state index contributed by atoms with van der Waals surface area (Å²) in [4.78, 5) is 10.8. The van der Waals surface area contributed by atoms with Gasteiger partial charge < -0.3 is 15.0 Å². The Morgan fingerprint density at radius 3 is 2.48 bits per heavy atom. The highest BCUT2D eigenvalue weighted by Gasteiger charge is 2.57. The van der Waals surface area contributed by atoms with Crippen LogP contribution in [0.4, 0.5) is 0 Å². The molecule has 0 aromatic carbocycles. The summed E-state index contributed by atoms with van der Waals surface area (Å²) in [6.45, 7) is 11.2. The topological polar surface area (TPSA) is 60.4 Å². The van der Waals surface area contributed by atoms with Gasteiger partial charge in [0.25, 0.3) is 0 Å². The fourth-order valence-electron chi connectivity index (χ4n) is 6.10. The molecule has 1 N–H and O–H groups in total. The Morgan fingerprint density at radius 1 is 1.22 bits per heavy atom. The predicted molar refractivity (Wildman–Crippen MR) is 90.6 cm³/mol. The Balaban J connectivity index is 2.17. The van der Waals surface area contributed by atoms with Gasteiger partial charge in [0.2, 0.25) is 0 Å². The van der Waals surface area contributed by atoms with Crippen LogP contribution in [-0.2, 0) is 4.79 Å². The molecule has 3 nitrogen and oxygen atoms in total. The van der Waals surface area contributed by atoms with Gasteiger partial charge in [-0.1, -0.05) is 34.1 Å². The molecule has 0 aromatic heterocycles. The zero-order chi connectivity index (χ0) is 17.5. The lowest BCUT2D eigenvalue weighted by Crippen LogP contribution is -2.57. The monoisotopic (exact) mass is 323 g/mol. The standard InChI is InChI=1S/C20H36O3/c1-14(13-17(21)22)7-8-16-19(4)11-6-10-18(2,3)15(19)9-12-20(16,5)23/h14-16,23H,6-13H2,1-5H3,(H,21,22)/p-1/t14-,15+,16-,19+,20-/m1/s1. The molecule has 0 amide bonds. The first-order valence-corrected chi connectivity index (χ1v) is 9.41. The number of rotatable bonds is 5. The van der Waals surface area contributed by atoms with E-state index in [1.807, 2.05) is 13.8 Å². The molecule has 5 atom stereocenters. The van der Waals surface area contributed by atoms with Gasteiger partial charge in [-0.3, -0.25) is 0 Å². The van der Waals surface area contributed by atoms with Gasteiger partial charge >= 0.3 is 0 Å². The molecule has 0 bridgehead atoms. The number of carboxylic acid groups (broad SMARTS) is 1. The molecule has 23 heavy (non-hydrogen) atoms. The van der Waals surface area contributed by atoms with Gasteiger partial charge in [-0.25, -0.2) is 0 Å². The van der Waals surface area contributed by atoms with E-state index in [1.54, 1.807) is 0 Å². The third-order valence-electron chi connectivity index (χ3n) is 7.23. The van der Waals surface area contributed by atoms with E-state index in [0.29, 0.717) is 11.3 Å². The third-order valence-corrected chi connectivity index (χ3v) is 7.23. The number of aliphatic carboxylic acids is 1. The smallest absolute Gasteiger partial charge is 0.0653 e. The number of fused-ring (bicyclic) bond motifs is 1. The molecule has 2 aliphatic carbocycles. The first-order valence-electron chi connectivity index (χ1n) is 9.41. The maximum atomic E-state index is 11.1. The van der Waals surface area contributed by atoms with Gasteiger partial charge in [-0.2, -0.15) is 0 Å². The summed E-state index contributed by atoms with van der Waals surface area (Å²) in [7, 11) is 0. The lowest BCUT2D eigenvalue weighted by molar-refractivity contribution is -0.306. The summed E-state index contributed by atoms with van der Waals surface area (Å²) in [5.41, 5.74) is -0.108. The Hall–Kier alpha value is -0.570. The molecule has 0 unspecified atom stereocenters. The van der Waals surface area contributed by atoms with Crippen LogP contribution in [0, 0.1) is 28.6 Å². The maximum absolute atomic E-state index is 11.1. The first kappa shape index (κ1) is 18.8. The number of carbonyl (C=O) groups is 1. The highest BCUT2D eigenvalue weighted by Crippen LogP contribution is 2.63. The highest BCUT2D eigenvalue weighted by molar-refractivity contribution is 5.64. The molecule has 0 spiro atoms. The van der Waals surface area contributed by atoms with Crippen molar-refractivity contribution in [1.29, 1.82) is 0 Å². The molecule has 2 aliphatic rings. The summed E-state index contributed by atoms with van der Waals surface area (Å²) in [6, 6.07) is 0. The average Bonchev–Trinajstić information content (AvgIpc) is 2.34. The van der Waals surface area contributed by atoms with Gasteiger partial charge in [-0.15, -0.1) is 0 Å². The van der Waals surface area contributed by atoms with Crippen LogP contribution in [0.2, 0.25) is 0 Å². The van der Waals surface area contributed by atoms with Crippen LogP contribution in [0.1, 0.15) is 86.0 Å². The summed E-state index contributed by atoms with van der Waals surface area (Å²) in [5, 5.41) is 21.9. The van der Waals surface area contributed by atoms with Crippen LogP contribution in [0.5, 0.6) is 0 Å². The summed E-state index contributed by atoms with van der Waals surface area (Å²) < 4.78 is 0. The molecule has 0 aliphatic heterocycles. The molecule has 0 saturated heterocycles. The first-order chi connectivity index (χ1) is 10.5. The second kappa shape index (κ2) is 6.38. The number of carbonyl (C=O) groups excluding carboxylic acids is 1. The SMILES string of the molecule is C[C@H](CC[C@@H]1[C@@]2(C)CCCC(C)(C)[C@@H]2CC[C@@]1(C)O)CC(=O)[O-]. The molecular weight excluding hydrogens is 288 g/mol. The van der Waals surface area contributed by atoms with Crippen molar-refractivity contribution in [1.82, 2.24) is 0 Å². The van der Waals surface area contributed by atoms with E-state index >= 15 is 0 Å².